The van der Waals surface area contributed by atoms with Crippen molar-refractivity contribution >= 4 is 11.0 Å². The van der Waals surface area contributed by atoms with Crippen LogP contribution < -0.4 is 0 Å². The Morgan fingerprint density at radius 1 is 0.917 bits per heavy atom. The minimum absolute atomic E-state index is 0.834. The molecule has 5 nitrogen and oxygen atoms in total. The van der Waals surface area contributed by atoms with Crippen LogP contribution in [0.4, 0.5) is 0 Å². The van der Waals surface area contributed by atoms with E-state index in [1.54, 1.807) is 6.33 Å². The van der Waals surface area contributed by atoms with Gasteiger partial charge < -0.3 is 4.57 Å². The van der Waals surface area contributed by atoms with Crippen LogP contribution in [0, 0.1) is 20.8 Å². The molecular formula is C19H19N5. The molecule has 0 aliphatic carbocycles. The Kier molecular flexibility index (Phi) is 3.23. The molecule has 0 spiro atoms. The fraction of sp³-hybridized carbons (Fsp3) is 0.211. The topological polar surface area (TPSA) is 48.5 Å². The molecule has 4 rings (SSSR count). The molecule has 0 unspecified atom stereocenters. The SMILES string of the molecule is Cc1cccc(C)c1-n1ncnc1-c1cccc2nc(C)n(C)c12. The van der Waals surface area contributed by atoms with Crippen LogP contribution in [0.5, 0.6) is 0 Å². The Hall–Kier alpha value is -2.95. The van der Waals surface area contributed by atoms with Gasteiger partial charge in [0.1, 0.15) is 12.2 Å². The Morgan fingerprint density at radius 2 is 1.62 bits per heavy atom. The normalized spacial score (nSPS) is 11.3. The lowest BCUT2D eigenvalue weighted by atomic mass is 10.1. The molecule has 2 aromatic carbocycles. The summed E-state index contributed by atoms with van der Waals surface area (Å²) in [6.45, 7) is 6.21. The van der Waals surface area contributed by atoms with Gasteiger partial charge in [-0.3, -0.25) is 0 Å². The van der Waals surface area contributed by atoms with Crippen molar-refractivity contribution in [3.05, 3.63) is 59.7 Å². The second-order valence-corrected chi connectivity index (χ2v) is 6.13. The molecule has 0 fully saturated rings. The lowest BCUT2D eigenvalue weighted by Crippen LogP contribution is -2.05. The zero-order chi connectivity index (χ0) is 16.8. The molecule has 0 atom stereocenters. The molecule has 24 heavy (non-hydrogen) atoms. The van der Waals surface area contributed by atoms with Crippen molar-refractivity contribution in [3.8, 4) is 17.1 Å². The van der Waals surface area contributed by atoms with Crippen LogP contribution in [0.25, 0.3) is 28.1 Å². The molecule has 2 aromatic heterocycles. The van der Waals surface area contributed by atoms with Gasteiger partial charge in [0.05, 0.1) is 16.7 Å². The summed E-state index contributed by atoms with van der Waals surface area (Å²) in [6, 6.07) is 12.4. The zero-order valence-electron chi connectivity index (χ0n) is 14.3. The summed E-state index contributed by atoms with van der Waals surface area (Å²) >= 11 is 0. The summed E-state index contributed by atoms with van der Waals surface area (Å²) in [5, 5.41) is 4.50. The molecule has 120 valence electrons. The van der Waals surface area contributed by atoms with Gasteiger partial charge in [0.15, 0.2) is 5.82 Å². The van der Waals surface area contributed by atoms with Crippen molar-refractivity contribution in [2.45, 2.75) is 20.8 Å². The highest BCUT2D eigenvalue weighted by Crippen LogP contribution is 2.30. The highest BCUT2D eigenvalue weighted by atomic mass is 15.3. The summed E-state index contributed by atoms with van der Waals surface area (Å²) < 4.78 is 4.04. The first-order valence-corrected chi connectivity index (χ1v) is 7.97. The Bertz CT molecular complexity index is 1030. The van der Waals surface area contributed by atoms with E-state index in [1.807, 2.05) is 30.8 Å². The summed E-state index contributed by atoms with van der Waals surface area (Å²) in [6.07, 6.45) is 1.61. The molecule has 0 amide bonds. The highest BCUT2D eigenvalue weighted by Gasteiger charge is 2.17. The number of aryl methyl sites for hydroxylation is 4. The third kappa shape index (κ3) is 2.05. The average molecular weight is 317 g/mol. The van der Waals surface area contributed by atoms with Gasteiger partial charge in [-0.2, -0.15) is 5.10 Å². The Morgan fingerprint density at radius 3 is 2.38 bits per heavy atom. The minimum atomic E-state index is 0.834. The molecule has 4 aromatic rings. The maximum Gasteiger partial charge on any atom is 0.165 e. The molecule has 5 heteroatoms. The van der Waals surface area contributed by atoms with Crippen molar-refractivity contribution in [1.82, 2.24) is 24.3 Å². The Balaban J connectivity index is 2.03. The number of rotatable bonds is 2. The third-order valence-corrected chi connectivity index (χ3v) is 4.56. The van der Waals surface area contributed by atoms with Crippen LogP contribution in [-0.4, -0.2) is 24.3 Å². The summed E-state index contributed by atoms with van der Waals surface area (Å²) in [7, 11) is 2.04. The van der Waals surface area contributed by atoms with E-state index in [-0.39, 0.29) is 0 Å². The number of nitrogens with zero attached hydrogens (tertiary/aromatic N) is 5. The first-order chi connectivity index (χ1) is 11.6. The molecule has 2 heterocycles. The van der Waals surface area contributed by atoms with Crippen LogP contribution in [0.15, 0.2) is 42.7 Å². The quantitative estimate of drug-likeness (QED) is 0.566. The second kappa shape index (κ2) is 5.30. The van der Waals surface area contributed by atoms with E-state index in [2.05, 4.69) is 57.7 Å². The number of imidazole rings is 1. The second-order valence-electron chi connectivity index (χ2n) is 6.13. The van der Waals surface area contributed by atoms with Gasteiger partial charge >= 0.3 is 0 Å². The van der Waals surface area contributed by atoms with E-state index >= 15 is 0 Å². The van der Waals surface area contributed by atoms with Gasteiger partial charge in [0, 0.05) is 12.6 Å². The Labute approximate surface area is 140 Å². The molecule has 0 aliphatic heterocycles. The van der Waals surface area contributed by atoms with E-state index in [1.165, 1.54) is 11.1 Å². The van der Waals surface area contributed by atoms with Gasteiger partial charge in [0.25, 0.3) is 0 Å². The van der Waals surface area contributed by atoms with Gasteiger partial charge in [-0.25, -0.2) is 14.6 Å². The lowest BCUT2D eigenvalue weighted by molar-refractivity contribution is 0.865. The van der Waals surface area contributed by atoms with Crippen molar-refractivity contribution in [1.29, 1.82) is 0 Å². The van der Waals surface area contributed by atoms with Crippen LogP contribution in [0.2, 0.25) is 0 Å². The number of hydrogen-bond donors (Lipinski definition) is 0. The van der Waals surface area contributed by atoms with E-state index in [9.17, 15) is 0 Å². The van der Waals surface area contributed by atoms with Gasteiger partial charge in [0.2, 0.25) is 0 Å². The highest BCUT2D eigenvalue weighted by molar-refractivity contribution is 5.91. The van der Waals surface area contributed by atoms with Gasteiger partial charge in [-0.05, 0) is 44.0 Å². The molecular weight excluding hydrogens is 298 g/mol. The summed E-state index contributed by atoms with van der Waals surface area (Å²) in [5.41, 5.74) is 6.53. The molecule has 0 aliphatic rings. The van der Waals surface area contributed by atoms with Crippen LogP contribution in [-0.2, 0) is 7.05 Å². The molecule has 0 bridgehead atoms. The standard InChI is InChI=1S/C19H19N5/c1-12-7-5-8-13(2)17(12)24-19(20-11-21-24)15-9-6-10-16-18(15)23(4)14(3)22-16/h5-11H,1-4H3. The predicted molar refractivity (Wildman–Crippen MR) is 95.3 cm³/mol. The fourth-order valence-electron chi connectivity index (χ4n) is 3.29. The van der Waals surface area contributed by atoms with Crippen molar-refractivity contribution < 1.29 is 0 Å². The van der Waals surface area contributed by atoms with E-state index < -0.39 is 0 Å². The van der Waals surface area contributed by atoms with Crippen LogP contribution in [0.3, 0.4) is 0 Å². The molecule has 0 saturated heterocycles. The smallest absolute Gasteiger partial charge is 0.165 e. The number of para-hydroxylation sites is 2. The number of hydrogen-bond acceptors (Lipinski definition) is 3. The fourth-order valence-corrected chi connectivity index (χ4v) is 3.29. The number of aromatic nitrogens is 5. The van der Waals surface area contributed by atoms with Crippen LogP contribution >= 0.6 is 0 Å². The summed E-state index contributed by atoms with van der Waals surface area (Å²) in [5.74, 6) is 1.82. The van der Waals surface area contributed by atoms with Crippen molar-refractivity contribution in [2.75, 3.05) is 0 Å². The number of fused-ring (bicyclic) bond motifs is 1. The number of benzene rings is 2. The van der Waals surface area contributed by atoms with Crippen molar-refractivity contribution in [3.63, 3.8) is 0 Å². The van der Waals surface area contributed by atoms with Gasteiger partial charge in [-0.15, -0.1) is 0 Å². The van der Waals surface area contributed by atoms with Crippen LogP contribution in [0.1, 0.15) is 17.0 Å². The average Bonchev–Trinajstić information content (AvgIpc) is 3.13. The zero-order valence-corrected chi connectivity index (χ0v) is 14.3. The lowest BCUT2D eigenvalue weighted by Gasteiger charge is -2.13. The van der Waals surface area contributed by atoms with E-state index in [0.29, 0.717) is 0 Å². The first kappa shape index (κ1) is 14.6. The third-order valence-electron chi connectivity index (χ3n) is 4.56. The van der Waals surface area contributed by atoms with E-state index in [0.717, 1.165) is 33.9 Å². The molecule has 0 N–H and O–H groups in total. The molecule has 0 saturated carbocycles. The van der Waals surface area contributed by atoms with Gasteiger partial charge in [-0.1, -0.05) is 24.3 Å². The molecule has 0 radical (unpaired) electrons. The largest absolute Gasteiger partial charge is 0.331 e. The minimum Gasteiger partial charge on any atom is -0.331 e. The monoisotopic (exact) mass is 317 g/mol. The van der Waals surface area contributed by atoms with E-state index in [4.69, 9.17) is 0 Å². The summed E-state index contributed by atoms with van der Waals surface area (Å²) in [4.78, 5) is 9.18. The maximum atomic E-state index is 4.63. The maximum absolute atomic E-state index is 4.63. The first-order valence-electron chi connectivity index (χ1n) is 7.97. The van der Waals surface area contributed by atoms with Crippen molar-refractivity contribution in [2.24, 2.45) is 7.05 Å². The predicted octanol–water partition coefficient (Wildman–Crippen LogP) is 3.75.